The van der Waals surface area contributed by atoms with Crippen molar-refractivity contribution in [2.75, 3.05) is 11.5 Å². The molecule has 0 aliphatic carbocycles. The van der Waals surface area contributed by atoms with Gasteiger partial charge in [-0.15, -0.1) is 0 Å². The van der Waals surface area contributed by atoms with Gasteiger partial charge in [0.1, 0.15) is 23.3 Å². The van der Waals surface area contributed by atoms with Gasteiger partial charge in [-0.05, 0) is 42.8 Å². The molecule has 1 aliphatic heterocycles. The van der Waals surface area contributed by atoms with E-state index in [1.165, 1.54) is 22.5 Å². The number of furan rings is 1. The number of Topliss-reactive ketones (excluding diaryl/α,β-unsaturated/α-hetero) is 1. The Balaban J connectivity index is 1.65. The number of ketones is 1. The fraction of sp³-hybridized carbons (Fsp3) is 0.160. The van der Waals surface area contributed by atoms with Crippen LogP contribution in [0, 0.1) is 0 Å². The number of aromatic nitrogens is 1. The van der Waals surface area contributed by atoms with Crippen molar-refractivity contribution in [1.29, 1.82) is 0 Å². The number of hydrogen-bond acceptors (Lipinski definition) is 7. The number of para-hydroxylation sites is 1. The van der Waals surface area contributed by atoms with E-state index >= 15 is 0 Å². The van der Waals surface area contributed by atoms with E-state index in [1.807, 2.05) is 31.2 Å². The molecule has 1 aliphatic rings. The maximum absolute atomic E-state index is 13.2. The molecule has 1 N–H and O–H groups in total. The highest BCUT2D eigenvalue weighted by molar-refractivity contribution is 7.22. The lowest BCUT2D eigenvalue weighted by Crippen LogP contribution is -2.29. The van der Waals surface area contributed by atoms with Gasteiger partial charge in [0.05, 0.1) is 28.7 Å². The third-order valence-corrected chi connectivity index (χ3v) is 6.36. The lowest BCUT2D eigenvalue weighted by molar-refractivity contribution is -0.132. The second-order valence-electron chi connectivity index (χ2n) is 7.52. The summed E-state index contributed by atoms with van der Waals surface area (Å²) in [4.78, 5) is 32.2. The number of ether oxygens (including phenoxy) is 1. The van der Waals surface area contributed by atoms with E-state index in [9.17, 15) is 14.7 Å². The van der Waals surface area contributed by atoms with Crippen molar-refractivity contribution in [3.05, 3.63) is 83.8 Å². The first-order chi connectivity index (χ1) is 16.1. The fourth-order valence-electron chi connectivity index (χ4n) is 3.82. The van der Waals surface area contributed by atoms with Crippen molar-refractivity contribution in [3.63, 3.8) is 0 Å². The molecule has 1 saturated heterocycles. The van der Waals surface area contributed by atoms with E-state index in [2.05, 4.69) is 4.98 Å². The molecular weight excluding hydrogens is 440 g/mol. The van der Waals surface area contributed by atoms with Crippen LogP contribution >= 0.6 is 11.3 Å². The summed E-state index contributed by atoms with van der Waals surface area (Å²) < 4.78 is 12.1. The maximum atomic E-state index is 13.2. The molecule has 1 amide bonds. The summed E-state index contributed by atoms with van der Waals surface area (Å²) in [5.41, 5.74) is 1.04. The van der Waals surface area contributed by atoms with Gasteiger partial charge in [-0.2, -0.15) is 0 Å². The molecule has 2 aromatic heterocycles. The van der Waals surface area contributed by atoms with E-state index < -0.39 is 17.7 Å². The van der Waals surface area contributed by atoms with E-state index in [0.717, 1.165) is 16.6 Å². The molecule has 1 fully saturated rings. The zero-order valence-corrected chi connectivity index (χ0v) is 18.5. The average Bonchev–Trinajstić information content (AvgIpc) is 3.56. The molecule has 166 valence electrons. The van der Waals surface area contributed by atoms with Gasteiger partial charge in [0.2, 0.25) is 0 Å². The molecule has 5 rings (SSSR count). The highest BCUT2D eigenvalue weighted by atomic mass is 32.1. The monoisotopic (exact) mass is 460 g/mol. The zero-order chi connectivity index (χ0) is 22.9. The maximum Gasteiger partial charge on any atom is 0.302 e. The van der Waals surface area contributed by atoms with Crippen LogP contribution in [0.4, 0.5) is 5.13 Å². The summed E-state index contributed by atoms with van der Waals surface area (Å²) in [7, 11) is 0. The lowest BCUT2D eigenvalue weighted by atomic mass is 9.99. The largest absolute Gasteiger partial charge is 0.507 e. The minimum absolute atomic E-state index is 0.0538. The summed E-state index contributed by atoms with van der Waals surface area (Å²) in [6.07, 6.45) is 2.30. The summed E-state index contributed by atoms with van der Waals surface area (Å²) in [5.74, 6) is -0.937. The van der Waals surface area contributed by atoms with Gasteiger partial charge in [-0.1, -0.05) is 42.5 Å². The summed E-state index contributed by atoms with van der Waals surface area (Å²) in [6.45, 7) is 2.52. The number of anilines is 1. The number of aliphatic hydroxyl groups is 1. The van der Waals surface area contributed by atoms with Crippen LogP contribution in [-0.2, 0) is 9.59 Å². The summed E-state index contributed by atoms with van der Waals surface area (Å²) in [6, 6.07) is 16.7. The number of nitrogens with zero attached hydrogens (tertiary/aromatic N) is 2. The average molecular weight is 461 g/mol. The van der Waals surface area contributed by atoms with Crippen LogP contribution in [0.1, 0.15) is 30.7 Å². The number of hydrogen-bond donors (Lipinski definition) is 1. The molecular formula is C25H20N2O5S. The summed E-state index contributed by atoms with van der Waals surface area (Å²) in [5, 5.41) is 11.6. The molecule has 0 saturated carbocycles. The Bertz CT molecular complexity index is 1340. The topological polar surface area (TPSA) is 92.9 Å². The predicted octanol–water partition coefficient (Wildman–Crippen LogP) is 5.30. The zero-order valence-electron chi connectivity index (χ0n) is 17.7. The van der Waals surface area contributed by atoms with Gasteiger partial charge in [0, 0.05) is 5.56 Å². The number of benzene rings is 2. The second-order valence-corrected chi connectivity index (χ2v) is 8.53. The number of amides is 1. The first-order valence-corrected chi connectivity index (χ1v) is 11.3. The molecule has 4 aromatic rings. The molecule has 1 atom stereocenters. The number of fused-ring (bicyclic) bond motifs is 1. The molecule has 2 aromatic carbocycles. The Morgan fingerprint density at radius 2 is 2.00 bits per heavy atom. The number of thiazole rings is 1. The number of rotatable bonds is 6. The quantitative estimate of drug-likeness (QED) is 0.238. The van der Waals surface area contributed by atoms with Gasteiger partial charge in [0.15, 0.2) is 5.13 Å². The molecule has 0 spiro atoms. The van der Waals surface area contributed by atoms with Gasteiger partial charge < -0.3 is 14.3 Å². The Morgan fingerprint density at radius 3 is 2.76 bits per heavy atom. The summed E-state index contributed by atoms with van der Waals surface area (Å²) >= 11 is 1.30. The minimum Gasteiger partial charge on any atom is -0.507 e. The van der Waals surface area contributed by atoms with E-state index in [4.69, 9.17) is 9.15 Å². The smallest absolute Gasteiger partial charge is 0.302 e. The first-order valence-electron chi connectivity index (χ1n) is 10.5. The molecule has 8 heteroatoms. The second kappa shape index (κ2) is 8.55. The van der Waals surface area contributed by atoms with Crippen molar-refractivity contribution in [1.82, 2.24) is 4.98 Å². The first kappa shape index (κ1) is 21.0. The van der Waals surface area contributed by atoms with Crippen molar-refractivity contribution >= 4 is 44.1 Å². The van der Waals surface area contributed by atoms with Crippen LogP contribution in [0.2, 0.25) is 0 Å². The molecule has 7 nitrogen and oxygen atoms in total. The van der Waals surface area contributed by atoms with Gasteiger partial charge in [-0.3, -0.25) is 14.5 Å². The highest BCUT2D eigenvalue weighted by Crippen LogP contribution is 2.44. The third-order valence-electron chi connectivity index (χ3n) is 5.33. The third kappa shape index (κ3) is 3.68. The fourth-order valence-corrected chi connectivity index (χ4v) is 4.81. The Hall–Kier alpha value is -3.91. The van der Waals surface area contributed by atoms with Crippen LogP contribution < -0.4 is 9.64 Å². The van der Waals surface area contributed by atoms with E-state index in [1.54, 1.807) is 36.4 Å². The molecule has 0 radical (unpaired) electrons. The SMILES string of the molecule is CCCOc1cccc(/C(O)=C2\C(=O)C(=O)N(c3nc4ccccc4s3)C2c2ccco2)c1. The molecule has 33 heavy (non-hydrogen) atoms. The Labute approximate surface area is 193 Å². The van der Waals surface area contributed by atoms with Crippen LogP contribution in [0.15, 0.2) is 76.9 Å². The normalized spacial score (nSPS) is 17.7. The van der Waals surface area contributed by atoms with E-state index in [0.29, 0.717) is 28.8 Å². The molecule has 1 unspecified atom stereocenters. The van der Waals surface area contributed by atoms with Crippen molar-refractivity contribution < 1.29 is 23.8 Å². The van der Waals surface area contributed by atoms with Crippen LogP contribution in [0.5, 0.6) is 5.75 Å². The van der Waals surface area contributed by atoms with Crippen LogP contribution in [0.25, 0.3) is 16.0 Å². The predicted molar refractivity (Wildman–Crippen MR) is 125 cm³/mol. The molecule has 0 bridgehead atoms. The standard InChI is InChI=1S/C25H20N2O5S/c1-2-12-31-16-8-5-7-15(14-16)22(28)20-21(18-10-6-13-32-18)27(24(30)23(20)29)25-26-17-9-3-4-11-19(17)33-25/h3-11,13-14,21,28H,2,12H2,1H3/b22-20+. The minimum atomic E-state index is -0.944. The van der Waals surface area contributed by atoms with E-state index in [-0.39, 0.29) is 11.3 Å². The van der Waals surface area contributed by atoms with Crippen LogP contribution in [0.3, 0.4) is 0 Å². The van der Waals surface area contributed by atoms with Crippen molar-refractivity contribution in [2.24, 2.45) is 0 Å². The van der Waals surface area contributed by atoms with Gasteiger partial charge >= 0.3 is 5.91 Å². The molecule has 3 heterocycles. The Kier molecular flexibility index (Phi) is 5.43. The van der Waals surface area contributed by atoms with Gasteiger partial charge in [0.25, 0.3) is 5.78 Å². The van der Waals surface area contributed by atoms with Crippen LogP contribution in [-0.4, -0.2) is 28.4 Å². The number of carbonyl (C=O) groups is 2. The van der Waals surface area contributed by atoms with Gasteiger partial charge in [-0.25, -0.2) is 4.98 Å². The van der Waals surface area contributed by atoms with Crippen molar-refractivity contribution in [3.8, 4) is 5.75 Å². The number of aliphatic hydroxyl groups excluding tert-OH is 1. The highest BCUT2D eigenvalue weighted by Gasteiger charge is 2.49. The Morgan fingerprint density at radius 1 is 1.15 bits per heavy atom. The lowest BCUT2D eigenvalue weighted by Gasteiger charge is -2.20. The van der Waals surface area contributed by atoms with Crippen molar-refractivity contribution in [2.45, 2.75) is 19.4 Å². The number of carbonyl (C=O) groups excluding carboxylic acids is 2.